The lowest BCUT2D eigenvalue weighted by Gasteiger charge is -2.27. The van der Waals surface area contributed by atoms with E-state index >= 15 is 0 Å². The predicted molar refractivity (Wildman–Crippen MR) is 134 cm³/mol. The molecule has 0 radical (unpaired) electrons. The van der Waals surface area contributed by atoms with Gasteiger partial charge in [-0.15, -0.1) is 0 Å². The van der Waals surface area contributed by atoms with Crippen LogP contribution in [-0.2, 0) is 19.6 Å². The number of aromatic nitrogens is 3. The SMILES string of the molecule is CCCC(C(=O)OCC)c1c(C)nc2ccnn2c1N1CC[C@H](NS(=O)(=O)c2ccc(Cl)cc2)C1. The second kappa shape index (κ2) is 10.5. The Labute approximate surface area is 210 Å². The number of hydrogen-bond donors (Lipinski definition) is 1. The molecule has 2 atom stereocenters. The molecule has 1 aliphatic heterocycles. The summed E-state index contributed by atoms with van der Waals surface area (Å²) in [6.07, 6.45) is 3.68. The molecule has 4 rings (SSSR count). The van der Waals surface area contributed by atoms with Crippen LogP contribution >= 0.6 is 11.6 Å². The highest BCUT2D eigenvalue weighted by atomic mass is 35.5. The van der Waals surface area contributed by atoms with Crippen LogP contribution in [0.4, 0.5) is 5.82 Å². The van der Waals surface area contributed by atoms with E-state index in [1.54, 1.807) is 29.8 Å². The second-order valence-electron chi connectivity index (χ2n) is 8.64. The molecule has 35 heavy (non-hydrogen) atoms. The number of carbonyl (C=O) groups is 1. The molecule has 3 heterocycles. The number of ether oxygens (including phenoxy) is 1. The first-order chi connectivity index (χ1) is 16.7. The van der Waals surface area contributed by atoms with E-state index in [0.29, 0.717) is 43.2 Å². The molecule has 1 saturated heterocycles. The number of fused-ring (bicyclic) bond motifs is 1. The van der Waals surface area contributed by atoms with Gasteiger partial charge in [0.25, 0.3) is 0 Å². The summed E-state index contributed by atoms with van der Waals surface area (Å²) in [5.41, 5.74) is 2.19. The first-order valence-corrected chi connectivity index (χ1v) is 13.6. The minimum Gasteiger partial charge on any atom is -0.466 e. The number of anilines is 1. The maximum absolute atomic E-state index is 13.0. The molecule has 1 fully saturated rings. The molecule has 1 aromatic carbocycles. The molecule has 1 aliphatic rings. The van der Waals surface area contributed by atoms with E-state index in [1.165, 1.54) is 12.1 Å². The monoisotopic (exact) mass is 519 g/mol. The summed E-state index contributed by atoms with van der Waals surface area (Å²) in [6, 6.07) is 7.60. The fourth-order valence-electron chi connectivity index (χ4n) is 4.63. The fourth-order valence-corrected chi connectivity index (χ4v) is 6.01. The van der Waals surface area contributed by atoms with Crippen LogP contribution in [-0.4, -0.2) is 54.7 Å². The Balaban J connectivity index is 1.68. The standard InChI is InChI=1S/C24H30ClN5O4S/c1-4-6-20(24(31)34-5-2)22-16(3)27-21-11-13-26-30(21)23(22)29-14-12-18(15-29)28-35(32,33)19-9-7-17(25)8-10-19/h7-11,13,18,20,28H,4-6,12,14-15H2,1-3H3/t18-,20?/m0/s1. The van der Waals surface area contributed by atoms with Crippen molar-refractivity contribution >= 4 is 39.1 Å². The van der Waals surface area contributed by atoms with Gasteiger partial charge in [0.2, 0.25) is 10.0 Å². The number of sulfonamides is 1. The highest BCUT2D eigenvalue weighted by Crippen LogP contribution is 2.36. The molecule has 0 saturated carbocycles. The van der Waals surface area contributed by atoms with Crippen molar-refractivity contribution in [3.8, 4) is 0 Å². The Hall–Kier alpha value is -2.69. The van der Waals surface area contributed by atoms with Gasteiger partial charge in [-0.05, 0) is 51.0 Å². The summed E-state index contributed by atoms with van der Waals surface area (Å²) in [5, 5.41) is 4.95. The summed E-state index contributed by atoms with van der Waals surface area (Å²) >= 11 is 5.91. The lowest BCUT2D eigenvalue weighted by molar-refractivity contribution is -0.145. The van der Waals surface area contributed by atoms with Crippen LogP contribution in [0.15, 0.2) is 41.4 Å². The van der Waals surface area contributed by atoms with Gasteiger partial charge < -0.3 is 9.64 Å². The fraction of sp³-hybridized carbons (Fsp3) is 0.458. The van der Waals surface area contributed by atoms with E-state index in [1.807, 2.05) is 19.9 Å². The van der Waals surface area contributed by atoms with Crippen molar-refractivity contribution < 1.29 is 17.9 Å². The Kier molecular flexibility index (Phi) is 7.63. The minimum absolute atomic E-state index is 0.167. The first kappa shape index (κ1) is 25.4. The van der Waals surface area contributed by atoms with Crippen LogP contribution in [0, 0.1) is 6.92 Å². The molecule has 0 amide bonds. The molecule has 9 nitrogen and oxygen atoms in total. The van der Waals surface area contributed by atoms with Gasteiger partial charge in [-0.25, -0.2) is 18.1 Å². The largest absolute Gasteiger partial charge is 0.466 e. The highest BCUT2D eigenvalue weighted by Gasteiger charge is 2.35. The maximum Gasteiger partial charge on any atom is 0.313 e. The topological polar surface area (TPSA) is 106 Å². The van der Waals surface area contributed by atoms with Gasteiger partial charge >= 0.3 is 5.97 Å². The molecule has 0 aliphatic carbocycles. The summed E-state index contributed by atoms with van der Waals surface area (Å²) in [6.45, 7) is 7.04. The van der Waals surface area contributed by atoms with Crippen molar-refractivity contribution in [3.05, 3.63) is 52.8 Å². The van der Waals surface area contributed by atoms with Gasteiger partial charge in [-0.2, -0.15) is 9.61 Å². The molecule has 0 bridgehead atoms. The zero-order chi connectivity index (χ0) is 25.2. The summed E-state index contributed by atoms with van der Waals surface area (Å²) < 4.78 is 35.8. The third-order valence-electron chi connectivity index (χ3n) is 6.17. The van der Waals surface area contributed by atoms with Crippen LogP contribution in [0.25, 0.3) is 5.65 Å². The summed E-state index contributed by atoms with van der Waals surface area (Å²) in [5.74, 6) is -0.00996. The van der Waals surface area contributed by atoms with Crippen molar-refractivity contribution in [2.75, 3.05) is 24.6 Å². The van der Waals surface area contributed by atoms with Gasteiger partial charge in [0.15, 0.2) is 5.65 Å². The number of carbonyl (C=O) groups excluding carboxylic acids is 1. The van der Waals surface area contributed by atoms with Crippen LogP contribution in [0.2, 0.25) is 5.02 Å². The third kappa shape index (κ3) is 5.29. The number of esters is 1. The summed E-state index contributed by atoms with van der Waals surface area (Å²) in [4.78, 5) is 19.9. The van der Waals surface area contributed by atoms with Gasteiger partial charge in [-0.3, -0.25) is 4.79 Å². The number of nitrogens with one attached hydrogen (secondary N) is 1. The average Bonchev–Trinajstić information content (AvgIpc) is 3.46. The number of rotatable bonds is 9. The summed E-state index contributed by atoms with van der Waals surface area (Å²) in [7, 11) is -3.71. The van der Waals surface area contributed by atoms with Crippen LogP contribution < -0.4 is 9.62 Å². The first-order valence-electron chi connectivity index (χ1n) is 11.8. The Bertz CT molecular complexity index is 1310. The van der Waals surface area contributed by atoms with Gasteiger partial charge in [0.1, 0.15) is 5.82 Å². The van der Waals surface area contributed by atoms with E-state index < -0.39 is 15.9 Å². The number of halogens is 1. The number of benzene rings is 1. The van der Waals surface area contributed by atoms with Crippen molar-refractivity contribution in [2.45, 2.75) is 56.9 Å². The lowest BCUT2D eigenvalue weighted by atomic mass is 9.93. The molecular formula is C24H30ClN5O4S. The van der Waals surface area contributed by atoms with E-state index in [9.17, 15) is 13.2 Å². The van der Waals surface area contributed by atoms with E-state index in [4.69, 9.17) is 16.3 Å². The normalized spacial score (nSPS) is 17.1. The molecular weight excluding hydrogens is 490 g/mol. The average molecular weight is 520 g/mol. The zero-order valence-electron chi connectivity index (χ0n) is 20.1. The quantitative estimate of drug-likeness (QED) is 0.430. The number of aryl methyl sites for hydroxylation is 1. The van der Waals surface area contributed by atoms with E-state index in [0.717, 1.165) is 23.5 Å². The predicted octanol–water partition coefficient (Wildman–Crippen LogP) is 3.70. The highest BCUT2D eigenvalue weighted by molar-refractivity contribution is 7.89. The van der Waals surface area contributed by atoms with E-state index in [2.05, 4.69) is 19.7 Å². The smallest absolute Gasteiger partial charge is 0.313 e. The molecule has 1 N–H and O–H groups in total. The second-order valence-corrected chi connectivity index (χ2v) is 10.8. The Morgan fingerprint density at radius 1 is 1.26 bits per heavy atom. The van der Waals surface area contributed by atoms with Crippen LogP contribution in [0.1, 0.15) is 50.3 Å². The van der Waals surface area contributed by atoms with Crippen LogP contribution in [0.5, 0.6) is 0 Å². The number of nitrogens with zero attached hydrogens (tertiary/aromatic N) is 4. The third-order valence-corrected chi connectivity index (χ3v) is 7.96. The molecule has 188 valence electrons. The Morgan fingerprint density at radius 3 is 2.69 bits per heavy atom. The molecule has 1 unspecified atom stereocenters. The Morgan fingerprint density at radius 2 is 2.00 bits per heavy atom. The lowest BCUT2D eigenvalue weighted by Crippen LogP contribution is -2.37. The van der Waals surface area contributed by atoms with E-state index in [-0.39, 0.29) is 16.9 Å². The zero-order valence-corrected chi connectivity index (χ0v) is 21.6. The van der Waals surface area contributed by atoms with Crippen LogP contribution in [0.3, 0.4) is 0 Å². The van der Waals surface area contributed by atoms with Gasteiger partial charge in [0, 0.05) is 41.5 Å². The molecule has 0 spiro atoms. The van der Waals surface area contributed by atoms with Gasteiger partial charge in [0.05, 0.1) is 23.6 Å². The number of hydrogen-bond acceptors (Lipinski definition) is 7. The van der Waals surface area contributed by atoms with Crippen molar-refractivity contribution in [3.63, 3.8) is 0 Å². The van der Waals surface area contributed by atoms with Crippen molar-refractivity contribution in [2.24, 2.45) is 0 Å². The molecule has 2 aromatic heterocycles. The molecule has 3 aromatic rings. The minimum atomic E-state index is -3.71. The van der Waals surface area contributed by atoms with Crippen molar-refractivity contribution in [1.82, 2.24) is 19.3 Å². The molecule has 11 heteroatoms. The van der Waals surface area contributed by atoms with Crippen molar-refractivity contribution in [1.29, 1.82) is 0 Å². The maximum atomic E-state index is 13.0. The van der Waals surface area contributed by atoms with Gasteiger partial charge in [-0.1, -0.05) is 24.9 Å².